The summed E-state index contributed by atoms with van der Waals surface area (Å²) in [5.74, 6) is -1.88. The van der Waals surface area contributed by atoms with Crippen LogP contribution in [-0.4, -0.2) is 42.2 Å². The number of benzene rings is 2. The zero-order chi connectivity index (χ0) is 26.4. The second-order valence-electron chi connectivity index (χ2n) is 7.81. The van der Waals surface area contributed by atoms with E-state index in [2.05, 4.69) is 20.8 Å². The lowest BCUT2D eigenvalue weighted by molar-refractivity contribution is 0.0697. The third-order valence-corrected chi connectivity index (χ3v) is 5.43. The van der Waals surface area contributed by atoms with Gasteiger partial charge in [0.2, 0.25) is 11.5 Å². The third-order valence-electron chi connectivity index (χ3n) is 5.43. The van der Waals surface area contributed by atoms with Gasteiger partial charge in [-0.1, -0.05) is 0 Å². The number of amidine groups is 1. The molecule has 1 aliphatic heterocycles. The molecule has 12 heteroatoms. The van der Waals surface area contributed by atoms with E-state index in [4.69, 9.17) is 25.2 Å². The number of aromatic carboxylic acids is 1. The Balaban J connectivity index is 1.78. The fourth-order valence-corrected chi connectivity index (χ4v) is 3.62. The molecule has 0 amide bonds. The first-order chi connectivity index (χ1) is 17.9. The Kier molecular flexibility index (Phi) is 7.53. The van der Waals surface area contributed by atoms with Crippen molar-refractivity contribution >= 4 is 23.3 Å². The first-order valence-corrected chi connectivity index (χ1v) is 11.1. The summed E-state index contributed by atoms with van der Waals surface area (Å²) in [5, 5.41) is 25.7. The lowest BCUT2D eigenvalue weighted by Gasteiger charge is -2.23. The van der Waals surface area contributed by atoms with Crippen molar-refractivity contribution < 1.29 is 28.5 Å². The smallest absolute Gasteiger partial charge is 0.339 e. The van der Waals surface area contributed by atoms with Crippen LogP contribution in [0, 0.1) is 17.1 Å². The predicted octanol–water partition coefficient (Wildman–Crippen LogP) is 3.50. The highest BCUT2D eigenvalue weighted by Gasteiger charge is 2.30. The molecule has 5 N–H and O–H groups in total. The number of ether oxygens (including phenoxy) is 3. The minimum Gasteiger partial charge on any atom is -0.493 e. The Morgan fingerprint density at radius 1 is 1.27 bits per heavy atom. The van der Waals surface area contributed by atoms with Gasteiger partial charge in [0.05, 0.1) is 32.0 Å². The lowest BCUT2D eigenvalue weighted by Crippen LogP contribution is -2.30. The second-order valence-corrected chi connectivity index (χ2v) is 7.81. The molecule has 190 valence electrons. The normalized spacial score (nSPS) is 13.6. The topological polar surface area (TPSA) is 164 Å². The number of hydrazone groups is 1. The molecule has 0 aliphatic carbocycles. The van der Waals surface area contributed by atoms with E-state index >= 15 is 4.39 Å². The average molecular weight is 506 g/mol. The number of carboxylic acids is 1. The summed E-state index contributed by atoms with van der Waals surface area (Å²) in [7, 11) is 1.42. The zero-order valence-corrected chi connectivity index (χ0v) is 19.7. The van der Waals surface area contributed by atoms with Gasteiger partial charge in [-0.05, 0) is 42.5 Å². The molecule has 2 heterocycles. The van der Waals surface area contributed by atoms with Gasteiger partial charge in [-0.25, -0.2) is 14.2 Å². The molecule has 3 aromatic rings. The molecule has 1 atom stereocenters. The molecule has 0 spiro atoms. The van der Waals surface area contributed by atoms with Crippen LogP contribution < -0.4 is 30.7 Å². The third kappa shape index (κ3) is 5.46. The van der Waals surface area contributed by atoms with Crippen molar-refractivity contribution in [2.24, 2.45) is 10.8 Å². The van der Waals surface area contributed by atoms with Crippen LogP contribution in [-0.2, 0) is 0 Å². The van der Waals surface area contributed by atoms with Crippen LogP contribution in [0.15, 0.2) is 53.8 Å². The van der Waals surface area contributed by atoms with Gasteiger partial charge in [0, 0.05) is 23.9 Å². The van der Waals surface area contributed by atoms with Gasteiger partial charge >= 0.3 is 5.97 Å². The van der Waals surface area contributed by atoms with E-state index in [1.165, 1.54) is 31.5 Å². The maximum atomic E-state index is 15.9. The Hall–Kier alpha value is -5.05. The number of fused-ring (bicyclic) bond motifs is 1. The van der Waals surface area contributed by atoms with Gasteiger partial charge in [0.15, 0.2) is 17.4 Å². The van der Waals surface area contributed by atoms with E-state index in [9.17, 15) is 9.90 Å². The molecule has 37 heavy (non-hydrogen) atoms. The van der Waals surface area contributed by atoms with Crippen LogP contribution in [0.1, 0.15) is 33.9 Å². The second kappa shape index (κ2) is 11.1. The van der Waals surface area contributed by atoms with Crippen LogP contribution in [0.25, 0.3) is 0 Å². The minimum absolute atomic E-state index is 0.0352. The Morgan fingerprint density at radius 2 is 2.00 bits per heavy atom. The number of nitrogens with one attached hydrogen (secondary N) is 2. The molecule has 2 aromatic carbocycles. The summed E-state index contributed by atoms with van der Waals surface area (Å²) >= 11 is 0. The van der Waals surface area contributed by atoms with E-state index in [0.29, 0.717) is 24.3 Å². The predicted molar refractivity (Wildman–Crippen MR) is 133 cm³/mol. The van der Waals surface area contributed by atoms with Gasteiger partial charge in [-0.15, -0.1) is 0 Å². The SMILES string of the molecule is COc1cc(C(Nc2ccc(C#N)cc2)/C(N)=N/Nc2ncccc2C(=O)O)c(F)c2c1OCCCO2. The monoisotopic (exact) mass is 506 g/mol. The van der Waals surface area contributed by atoms with E-state index in [-0.39, 0.29) is 46.6 Å². The highest BCUT2D eigenvalue weighted by molar-refractivity contribution is 5.94. The zero-order valence-electron chi connectivity index (χ0n) is 19.7. The molecular formula is C25H23FN6O5. The molecule has 0 bridgehead atoms. The summed E-state index contributed by atoms with van der Waals surface area (Å²) in [6, 6.07) is 11.6. The largest absolute Gasteiger partial charge is 0.493 e. The minimum atomic E-state index is -1.21. The van der Waals surface area contributed by atoms with Crippen molar-refractivity contribution in [3.63, 3.8) is 0 Å². The van der Waals surface area contributed by atoms with Gasteiger partial charge < -0.3 is 30.4 Å². The van der Waals surface area contributed by atoms with Crippen LogP contribution in [0.5, 0.6) is 17.2 Å². The number of methoxy groups -OCH3 is 1. The van der Waals surface area contributed by atoms with E-state index < -0.39 is 17.8 Å². The Morgan fingerprint density at radius 3 is 2.68 bits per heavy atom. The first kappa shape index (κ1) is 25.1. The van der Waals surface area contributed by atoms with E-state index in [1.807, 2.05) is 6.07 Å². The molecule has 11 nitrogen and oxygen atoms in total. The van der Waals surface area contributed by atoms with Crippen molar-refractivity contribution in [3.05, 3.63) is 71.2 Å². The number of rotatable bonds is 8. The number of hydrogen-bond donors (Lipinski definition) is 4. The quantitative estimate of drug-likeness (QED) is 0.202. The van der Waals surface area contributed by atoms with Gasteiger partial charge in [0.25, 0.3) is 0 Å². The van der Waals surface area contributed by atoms with Crippen LogP contribution in [0.3, 0.4) is 0 Å². The standard InChI is InChI=1S/C25H23FN6O5/c1-35-18-12-17(19(26)22-21(18)36-10-3-11-37-22)20(30-15-7-5-14(13-27)6-8-15)23(28)31-32-24-16(25(33)34)4-2-9-29-24/h2,4-9,12,20,30H,3,10-11H2,1H3,(H2,28,31)(H,29,32)(H,33,34). The summed E-state index contributed by atoms with van der Waals surface area (Å²) < 4.78 is 32.6. The molecular weight excluding hydrogens is 483 g/mol. The number of nitrogens with two attached hydrogens (primary N) is 1. The maximum absolute atomic E-state index is 15.9. The number of nitrogens with zero attached hydrogens (tertiary/aromatic N) is 3. The van der Waals surface area contributed by atoms with E-state index in [0.717, 1.165) is 0 Å². The fourth-order valence-electron chi connectivity index (χ4n) is 3.62. The maximum Gasteiger partial charge on any atom is 0.339 e. The summed E-state index contributed by atoms with van der Waals surface area (Å²) in [6.07, 6.45) is 1.95. The Labute approximate surface area is 211 Å². The van der Waals surface area contributed by atoms with Crippen molar-refractivity contribution in [2.75, 3.05) is 31.1 Å². The molecule has 0 saturated heterocycles. The first-order valence-electron chi connectivity index (χ1n) is 11.1. The average Bonchev–Trinajstić information content (AvgIpc) is 3.18. The number of hydrogen-bond acceptors (Lipinski definition) is 9. The molecule has 1 aromatic heterocycles. The fraction of sp³-hybridized carbons (Fsp3) is 0.200. The van der Waals surface area contributed by atoms with Crippen LogP contribution >= 0.6 is 0 Å². The number of carboxylic acid groups (broad SMARTS) is 1. The number of aromatic nitrogens is 1. The molecule has 1 aliphatic rings. The number of halogens is 1. The number of pyridine rings is 1. The number of anilines is 2. The van der Waals surface area contributed by atoms with Crippen molar-refractivity contribution in [1.29, 1.82) is 5.26 Å². The van der Waals surface area contributed by atoms with Gasteiger partial charge in [-0.2, -0.15) is 10.4 Å². The molecule has 0 fully saturated rings. The van der Waals surface area contributed by atoms with Crippen LogP contribution in [0.2, 0.25) is 0 Å². The molecule has 1 unspecified atom stereocenters. The summed E-state index contributed by atoms with van der Waals surface area (Å²) in [6.45, 7) is 0.575. The Bertz CT molecular complexity index is 1370. The molecule has 0 saturated carbocycles. The lowest BCUT2D eigenvalue weighted by atomic mass is 10.0. The number of carbonyl (C=O) groups is 1. The molecule has 4 rings (SSSR count). The van der Waals surface area contributed by atoms with Crippen molar-refractivity contribution in [2.45, 2.75) is 12.5 Å². The van der Waals surface area contributed by atoms with Crippen molar-refractivity contribution in [3.8, 4) is 23.3 Å². The van der Waals surface area contributed by atoms with Gasteiger partial charge in [0.1, 0.15) is 17.4 Å². The van der Waals surface area contributed by atoms with E-state index in [1.54, 1.807) is 24.3 Å². The summed E-state index contributed by atoms with van der Waals surface area (Å²) in [5.41, 5.74) is 9.72. The number of nitriles is 1. The van der Waals surface area contributed by atoms with Gasteiger partial charge in [-0.3, -0.25) is 5.43 Å². The molecule has 0 radical (unpaired) electrons. The highest BCUT2D eigenvalue weighted by atomic mass is 19.1. The van der Waals surface area contributed by atoms with Crippen LogP contribution in [0.4, 0.5) is 15.9 Å². The van der Waals surface area contributed by atoms with Crippen molar-refractivity contribution in [1.82, 2.24) is 4.98 Å². The summed E-state index contributed by atoms with van der Waals surface area (Å²) in [4.78, 5) is 15.5. The highest BCUT2D eigenvalue weighted by Crippen LogP contribution is 2.44.